The van der Waals surface area contributed by atoms with Crippen molar-refractivity contribution in [2.24, 2.45) is 0 Å². The van der Waals surface area contributed by atoms with Crippen molar-refractivity contribution in [3.63, 3.8) is 0 Å². The van der Waals surface area contributed by atoms with E-state index in [9.17, 15) is 8.42 Å². The fraction of sp³-hybridized carbons (Fsp3) is 0.389. The minimum absolute atomic E-state index is 0.0677. The highest BCUT2D eigenvalue weighted by Gasteiger charge is 2.19. The number of thiocarbonyl (C=S) groups is 1. The van der Waals surface area contributed by atoms with E-state index in [1.807, 2.05) is 0 Å². The van der Waals surface area contributed by atoms with Gasteiger partial charge in [-0.05, 0) is 56.4 Å². The Hall–Kier alpha value is -2.30. The predicted octanol–water partition coefficient (Wildman–Crippen LogP) is 0.421. The molecule has 0 unspecified atom stereocenters. The van der Waals surface area contributed by atoms with Crippen LogP contribution in [0, 0.1) is 13.8 Å². The summed E-state index contributed by atoms with van der Waals surface area (Å²) >= 11 is 5.47. The summed E-state index contributed by atoms with van der Waals surface area (Å²) in [6, 6.07) is 8.24. The van der Waals surface area contributed by atoms with Gasteiger partial charge in [0, 0.05) is 17.1 Å². The lowest BCUT2D eigenvalue weighted by Crippen LogP contribution is -3.12. The third-order valence-electron chi connectivity index (χ3n) is 4.53. The number of anilines is 2. The highest BCUT2D eigenvalue weighted by Crippen LogP contribution is 2.17. The second-order valence-corrected chi connectivity index (χ2v) is 9.05. The van der Waals surface area contributed by atoms with Gasteiger partial charge in [-0.25, -0.2) is 23.1 Å². The molecule has 0 radical (unpaired) electrons. The number of aryl methyl sites for hydroxylation is 2. The number of nitrogens with one attached hydrogen (secondary N) is 3. The third kappa shape index (κ3) is 5.15. The lowest BCUT2D eigenvalue weighted by atomic mass is 10.3. The van der Waals surface area contributed by atoms with Gasteiger partial charge in [-0.3, -0.25) is 0 Å². The minimum Gasteiger partial charge on any atom is -0.338 e. The number of sulfonamides is 1. The number of quaternary nitrogens is 1. The average molecular weight is 422 g/mol. The Kier molecular flexibility index (Phi) is 6.11. The van der Waals surface area contributed by atoms with Gasteiger partial charge in [0.05, 0.1) is 38.1 Å². The molecule has 3 rings (SSSR count). The number of piperazine rings is 1. The smallest absolute Gasteiger partial charge is 0.264 e. The maximum atomic E-state index is 12.6. The molecule has 0 bridgehead atoms. The van der Waals surface area contributed by atoms with Crippen LogP contribution < -0.4 is 14.9 Å². The van der Waals surface area contributed by atoms with Crippen molar-refractivity contribution in [3.8, 4) is 0 Å². The van der Waals surface area contributed by atoms with Crippen LogP contribution in [0.2, 0.25) is 0 Å². The summed E-state index contributed by atoms with van der Waals surface area (Å²) < 4.78 is 27.6. The standard InChI is InChI=1S/C18H24N6O2S2/c1-13-12-14(2)20-17(19-13)22-28(25,26)16-6-4-15(5-7-16)21-18(27)24-10-8-23(3)9-11-24/h4-7,12H,8-11H2,1-3H3,(H,21,27)(H,19,20,22)/p+1. The number of hydrogen-bond acceptors (Lipinski definition) is 5. The topological polar surface area (TPSA) is 91.7 Å². The van der Waals surface area contributed by atoms with Gasteiger partial charge in [-0.2, -0.15) is 0 Å². The fourth-order valence-corrected chi connectivity index (χ4v) is 4.21. The van der Waals surface area contributed by atoms with E-state index in [1.54, 1.807) is 32.0 Å². The molecule has 2 aromatic rings. The first-order valence-electron chi connectivity index (χ1n) is 9.05. The molecule has 1 aromatic heterocycles. The zero-order chi connectivity index (χ0) is 20.3. The summed E-state index contributed by atoms with van der Waals surface area (Å²) in [5.41, 5.74) is 2.14. The lowest BCUT2D eigenvalue weighted by molar-refractivity contribution is -0.883. The van der Waals surface area contributed by atoms with Crippen LogP contribution in [0.4, 0.5) is 11.6 Å². The molecule has 0 amide bonds. The van der Waals surface area contributed by atoms with Gasteiger partial charge in [0.25, 0.3) is 10.0 Å². The Morgan fingerprint density at radius 1 is 1.11 bits per heavy atom. The Bertz CT molecular complexity index is 934. The van der Waals surface area contributed by atoms with Gasteiger partial charge in [-0.15, -0.1) is 0 Å². The van der Waals surface area contributed by atoms with E-state index >= 15 is 0 Å². The Labute approximate surface area is 171 Å². The van der Waals surface area contributed by atoms with E-state index in [2.05, 4.69) is 32.0 Å². The van der Waals surface area contributed by atoms with Crippen LogP contribution in [0.15, 0.2) is 35.2 Å². The molecule has 3 N–H and O–H groups in total. The summed E-state index contributed by atoms with van der Waals surface area (Å²) in [5, 5.41) is 3.84. The molecule has 1 aromatic carbocycles. The number of hydrogen-bond donors (Lipinski definition) is 3. The zero-order valence-electron chi connectivity index (χ0n) is 16.2. The largest absolute Gasteiger partial charge is 0.338 e. The van der Waals surface area contributed by atoms with E-state index in [-0.39, 0.29) is 10.8 Å². The quantitative estimate of drug-likeness (QED) is 0.617. The first-order chi connectivity index (χ1) is 13.2. The molecule has 1 aliphatic heterocycles. The molecule has 28 heavy (non-hydrogen) atoms. The summed E-state index contributed by atoms with van der Waals surface area (Å²) in [7, 11) is -1.60. The molecule has 1 saturated heterocycles. The van der Waals surface area contributed by atoms with Crippen molar-refractivity contribution < 1.29 is 13.3 Å². The Balaban J connectivity index is 1.66. The van der Waals surface area contributed by atoms with Crippen LogP contribution in [0.5, 0.6) is 0 Å². The molecule has 150 valence electrons. The molecule has 8 nitrogen and oxygen atoms in total. The van der Waals surface area contributed by atoms with Crippen molar-refractivity contribution in [1.82, 2.24) is 14.9 Å². The highest BCUT2D eigenvalue weighted by atomic mass is 32.2. The summed E-state index contributed by atoms with van der Waals surface area (Å²) in [6.07, 6.45) is 0. The highest BCUT2D eigenvalue weighted by molar-refractivity contribution is 7.92. The molecular weight excluding hydrogens is 396 g/mol. The maximum Gasteiger partial charge on any atom is 0.264 e. The molecule has 10 heteroatoms. The van der Waals surface area contributed by atoms with E-state index in [0.717, 1.165) is 31.9 Å². The molecule has 0 spiro atoms. The molecule has 0 atom stereocenters. The van der Waals surface area contributed by atoms with Crippen LogP contribution in [-0.2, 0) is 10.0 Å². The monoisotopic (exact) mass is 421 g/mol. The van der Waals surface area contributed by atoms with Gasteiger partial charge < -0.3 is 15.1 Å². The van der Waals surface area contributed by atoms with Crippen molar-refractivity contribution in [2.45, 2.75) is 18.7 Å². The zero-order valence-corrected chi connectivity index (χ0v) is 17.8. The second-order valence-electron chi connectivity index (χ2n) is 6.98. The number of aromatic nitrogens is 2. The molecule has 1 fully saturated rings. The Morgan fingerprint density at radius 3 is 2.25 bits per heavy atom. The van der Waals surface area contributed by atoms with Gasteiger partial charge in [0.1, 0.15) is 0 Å². The third-order valence-corrected chi connectivity index (χ3v) is 6.23. The van der Waals surface area contributed by atoms with Gasteiger partial charge in [0.15, 0.2) is 5.11 Å². The Morgan fingerprint density at radius 2 is 1.68 bits per heavy atom. The van der Waals surface area contributed by atoms with E-state index < -0.39 is 10.0 Å². The van der Waals surface area contributed by atoms with Crippen LogP contribution in [-0.4, -0.2) is 61.6 Å². The number of rotatable bonds is 4. The number of likely N-dealkylation sites (N-methyl/N-ethyl adjacent to an activating group) is 1. The maximum absolute atomic E-state index is 12.6. The summed E-state index contributed by atoms with van der Waals surface area (Å²) in [4.78, 5) is 12.0. The molecule has 1 aliphatic rings. The van der Waals surface area contributed by atoms with Crippen molar-refractivity contribution >= 4 is 39.0 Å². The first-order valence-corrected chi connectivity index (χ1v) is 10.9. The molecule has 0 aliphatic carbocycles. The van der Waals surface area contributed by atoms with E-state index in [4.69, 9.17) is 12.2 Å². The van der Waals surface area contributed by atoms with E-state index in [1.165, 1.54) is 17.0 Å². The molecule has 2 heterocycles. The fourth-order valence-electron chi connectivity index (χ4n) is 2.96. The summed E-state index contributed by atoms with van der Waals surface area (Å²) in [5.74, 6) is 0.0677. The predicted molar refractivity (Wildman–Crippen MR) is 113 cm³/mol. The molecule has 0 saturated carbocycles. The van der Waals surface area contributed by atoms with Gasteiger partial charge in [-0.1, -0.05) is 0 Å². The average Bonchev–Trinajstić information content (AvgIpc) is 2.61. The van der Waals surface area contributed by atoms with Crippen LogP contribution in [0.1, 0.15) is 11.4 Å². The van der Waals surface area contributed by atoms with Crippen LogP contribution >= 0.6 is 12.2 Å². The van der Waals surface area contributed by atoms with Crippen molar-refractivity contribution in [2.75, 3.05) is 43.3 Å². The van der Waals surface area contributed by atoms with E-state index in [0.29, 0.717) is 16.5 Å². The minimum atomic E-state index is -3.77. The van der Waals surface area contributed by atoms with Crippen molar-refractivity contribution in [1.29, 1.82) is 0 Å². The summed E-state index contributed by atoms with van der Waals surface area (Å²) in [6.45, 7) is 7.49. The van der Waals surface area contributed by atoms with Gasteiger partial charge >= 0.3 is 0 Å². The SMILES string of the molecule is Cc1cc(C)nc(NS(=O)(=O)c2ccc(NC(=S)N3CC[NH+](C)CC3)cc2)n1. The second kappa shape index (κ2) is 8.38. The van der Waals surface area contributed by atoms with Crippen molar-refractivity contribution in [3.05, 3.63) is 41.7 Å². The normalized spacial score (nSPS) is 15.3. The van der Waals surface area contributed by atoms with Crippen LogP contribution in [0.3, 0.4) is 0 Å². The lowest BCUT2D eigenvalue weighted by Gasteiger charge is -2.32. The van der Waals surface area contributed by atoms with Gasteiger partial charge in [0.2, 0.25) is 5.95 Å². The van der Waals surface area contributed by atoms with Crippen LogP contribution in [0.25, 0.3) is 0 Å². The first kappa shape index (κ1) is 20.4. The number of nitrogens with zero attached hydrogens (tertiary/aromatic N) is 3. The number of benzene rings is 1. The molecular formula is C18H25N6O2S2+.